The number of piperazine rings is 3. The number of nitrogens with zero attached hydrogens (tertiary/aromatic N) is 25. The Balaban J connectivity index is 0.000000128. The quantitative estimate of drug-likeness (QED) is 0.0379. The molecule has 1 saturated carbocycles. The van der Waals surface area contributed by atoms with Crippen LogP contribution >= 0.6 is 0 Å². The number of anilines is 14. The van der Waals surface area contributed by atoms with E-state index in [1.807, 2.05) is 108 Å². The summed E-state index contributed by atoms with van der Waals surface area (Å²) in [7, 11) is 0. The van der Waals surface area contributed by atoms with Crippen molar-refractivity contribution in [3.05, 3.63) is 241 Å². The summed E-state index contributed by atoms with van der Waals surface area (Å²) < 4.78 is 18.5. The van der Waals surface area contributed by atoms with E-state index in [2.05, 4.69) is 185 Å². The van der Waals surface area contributed by atoms with Crippen LogP contribution < -0.4 is 60.5 Å². The number of benzene rings is 5. The van der Waals surface area contributed by atoms with Gasteiger partial charge in [0.25, 0.3) is 0 Å². The van der Waals surface area contributed by atoms with Gasteiger partial charge in [-0.15, -0.1) is 0 Å². The lowest BCUT2D eigenvalue weighted by molar-refractivity contribution is 0.0161. The van der Waals surface area contributed by atoms with Crippen molar-refractivity contribution in [1.29, 1.82) is 0 Å². The molecule has 34 heteroatoms. The van der Waals surface area contributed by atoms with E-state index >= 15 is 0 Å². The molecule has 618 valence electrons. The molecule has 12 aromatic rings. The molecule has 0 unspecified atom stereocenters. The Bertz CT molecular complexity index is 5000. The highest BCUT2D eigenvalue weighted by molar-refractivity contribution is 5.62. The van der Waals surface area contributed by atoms with Gasteiger partial charge in [-0.05, 0) is 97.5 Å². The number of ether oxygens (including phenoxy) is 3. The third-order valence-electron chi connectivity index (χ3n) is 22.8. The fraction of sp³-hybridized carbons (Fsp3) is 0.372. The highest BCUT2D eigenvalue weighted by Crippen LogP contribution is 2.53. The van der Waals surface area contributed by atoms with E-state index in [1.165, 1.54) is 22.5 Å². The van der Waals surface area contributed by atoms with Crippen LogP contribution in [0.2, 0.25) is 0 Å². The first-order valence-electron chi connectivity index (χ1n) is 41.0. The van der Waals surface area contributed by atoms with Crippen LogP contribution in [0.25, 0.3) is 0 Å². The maximum absolute atomic E-state index is 11.1. The van der Waals surface area contributed by atoms with Crippen LogP contribution in [-0.4, -0.2) is 252 Å². The Morgan fingerprint density at radius 1 is 0.375 bits per heavy atom. The molecule has 6 N–H and O–H groups in total. The Labute approximate surface area is 696 Å². The van der Waals surface area contributed by atoms with Gasteiger partial charge in [0.1, 0.15) is 30.2 Å². The molecule has 0 bridgehead atoms. The van der Waals surface area contributed by atoms with Gasteiger partial charge in [-0.25, -0.2) is 59.8 Å². The third kappa shape index (κ3) is 19.3. The lowest BCUT2D eigenvalue weighted by Gasteiger charge is -2.34. The number of aliphatic hydroxyl groups is 2. The Hall–Kier alpha value is -12.9. The molecule has 5 aromatic carbocycles. The fourth-order valence-corrected chi connectivity index (χ4v) is 15.5. The van der Waals surface area contributed by atoms with Crippen LogP contribution in [0.15, 0.2) is 208 Å². The summed E-state index contributed by atoms with van der Waals surface area (Å²) in [6, 6.07) is 46.4. The van der Waals surface area contributed by atoms with Crippen LogP contribution in [0.1, 0.15) is 60.1 Å². The summed E-state index contributed by atoms with van der Waals surface area (Å²) in [5.74, 6) is 5.50. The van der Waals surface area contributed by atoms with E-state index in [4.69, 9.17) is 24.2 Å². The molecule has 7 aromatic heterocycles. The number of morpholine rings is 3. The molecular weight excluding hydrogens is 1520 g/mol. The van der Waals surface area contributed by atoms with Crippen molar-refractivity contribution in [2.24, 2.45) is 0 Å². The van der Waals surface area contributed by atoms with Crippen molar-refractivity contribution in [1.82, 2.24) is 89.9 Å². The van der Waals surface area contributed by atoms with Crippen molar-refractivity contribution >= 4 is 82.0 Å². The van der Waals surface area contributed by atoms with Gasteiger partial charge in [-0.2, -0.15) is 20.1 Å². The van der Waals surface area contributed by atoms with Crippen LogP contribution in [0.4, 0.5) is 82.0 Å². The minimum atomic E-state index is -1.16. The van der Waals surface area contributed by atoms with E-state index < -0.39 is 11.2 Å². The summed E-state index contributed by atoms with van der Waals surface area (Å²) >= 11 is 0. The predicted molar refractivity (Wildman–Crippen MR) is 459 cm³/mol. The minimum absolute atomic E-state index is 0.0862. The van der Waals surface area contributed by atoms with Crippen LogP contribution in [-0.2, 0) is 37.4 Å². The number of nitrogens with one attached hydrogen (secondary N) is 4. The largest absolute Gasteiger partial charge is 0.381 e. The van der Waals surface area contributed by atoms with E-state index in [9.17, 15) is 10.2 Å². The Morgan fingerprint density at radius 3 is 1.12 bits per heavy atom. The van der Waals surface area contributed by atoms with Gasteiger partial charge in [0.05, 0.1) is 57.6 Å². The summed E-state index contributed by atoms with van der Waals surface area (Å²) in [6.45, 7) is 22.3. The van der Waals surface area contributed by atoms with E-state index in [0.29, 0.717) is 65.3 Å². The molecule has 0 radical (unpaired) electrons. The average molecular weight is 1620 g/mol. The highest BCUT2D eigenvalue weighted by Gasteiger charge is 2.46. The van der Waals surface area contributed by atoms with Crippen LogP contribution in [0.3, 0.4) is 0 Å². The average Bonchev–Trinajstić information content (AvgIpc) is 1.59. The molecule has 6 aliphatic heterocycles. The molecule has 7 aliphatic rings. The number of hydrogen-bond acceptors (Lipinski definition) is 33. The number of aromatic nitrogens is 17. The van der Waals surface area contributed by atoms with Gasteiger partial charge >= 0.3 is 0 Å². The van der Waals surface area contributed by atoms with Crippen molar-refractivity contribution in [3.63, 3.8) is 0 Å². The molecule has 0 amide bonds. The van der Waals surface area contributed by atoms with Crippen molar-refractivity contribution in [2.45, 2.75) is 56.0 Å². The summed E-state index contributed by atoms with van der Waals surface area (Å²) in [4.78, 5) is 85.5. The van der Waals surface area contributed by atoms with Gasteiger partial charge in [0, 0.05) is 200 Å². The monoisotopic (exact) mass is 1620 g/mol. The second-order valence-electron chi connectivity index (χ2n) is 30.7. The first-order chi connectivity index (χ1) is 58.9. The van der Waals surface area contributed by atoms with Gasteiger partial charge in [0.2, 0.25) is 53.5 Å². The van der Waals surface area contributed by atoms with Crippen molar-refractivity contribution < 1.29 is 24.4 Å². The molecular formula is C86H99N29O5. The number of rotatable bonds is 22. The van der Waals surface area contributed by atoms with E-state index in [1.54, 1.807) is 63.8 Å². The van der Waals surface area contributed by atoms with Gasteiger partial charge < -0.3 is 84.9 Å². The smallest absolute Gasteiger partial charge is 0.232 e. The molecule has 19 rings (SSSR count). The van der Waals surface area contributed by atoms with Crippen LogP contribution in [0.5, 0.6) is 0 Å². The second-order valence-corrected chi connectivity index (χ2v) is 30.7. The number of hydrogen-bond donors (Lipinski definition) is 6. The van der Waals surface area contributed by atoms with E-state index in [-0.39, 0.29) is 11.5 Å². The van der Waals surface area contributed by atoms with Crippen LogP contribution in [0, 0.1) is 0 Å². The lowest BCUT2D eigenvalue weighted by atomic mass is 9.90. The molecule has 1 aliphatic carbocycles. The predicted octanol–water partition coefficient (Wildman–Crippen LogP) is 7.65. The zero-order valence-corrected chi connectivity index (χ0v) is 67.4. The molecule has 6 saturated heterocycles. The first-order valence-corrected chi connectivity index (χ1v) is 41.0. The molecule has 3 atom stereocenters. The molecule has 120 heavy (non-hydrogen) atoms. The maximum atomic E-state index is 11.1. The standard InChI is InChI=1S/2C29H33N9O2.C28H33N11O/c2*1-29(39,22-5-3-2-4-6-22)23-19-30-27(31-20-23)37-11-13-38(14-12-37)28-33-21-32-26(35-28)34-24-7-9-25(10-8-24)36-15-17-40-18-16-36;1-2-4-21(5-3-1)28(6-7-28)22-14-30-26(31-15-22)37-9-11-38(12-10-37)27-33-20-32-25(36-27)35-23-16-34-39(18-23)19-24-17-29-8-13-40-24/h2*2-10,19-21,39H,11-18H2,1H3,(H,32,33,34,35);1-5,14-16,18,20,24,29H,6-13,17,19H2,(H,32,33,35,36)/t2*29-;24-/m100/s1. The molecule has 0 spiro atoms. The van der Waals surface area contributed by atoms with Gasteiger partial charge in [0.15, 0.2) is 0 Å². The van der Waals surface area contributed by atoms with Gasteiger partial charge in [-0.1, -0.05) is 91.0 Å². The molecule has 34 nitrogen and oxygen atoms in total. The Morgan fingerprint density at radius 2 is 0.742 bits per heavy atom. The lowest BCUT2D eigenvalue weighted by Crippen LogP contribution is -2.47. The molecule has 7 fully saturated rings. The normalized spacial score (nSPS) is 18.4. The second kappa shape index (κ2) is 37.0. The highest BCUT2D eigenvalue weighted by atomic mass is 16.5. The first kappa shape index (κ1) is 79.6. The molecule has 13 heterocycles. The summed E-state index contributed by atoms with van der Waals surface area (Å²) in [6.07, 6.45) is 21.6. The fourth-order valence-electron chi connectivity index (χ4n) is 15.5. The Kier molecular flexibility index (Phi) is 24.5. The maximum Gasteiger partial charge on any atom is 0.232 e. The zero-order valence-electron chi connectivity index (χ0n) is 67.4. The summed E-state index contributed by atoms with van der Waals surface area (Å²) in [5.41, 5.74) is 8.28. The summed E-state index contributed by atoms with van der Waals surface area (Å²) in [5, 5.41) is 39.8. The van der Waals surface area contributed by atoms with Crippen molar-refractivity contribution in [2.75, 3.05) is 206 Å². The van der Waals surface area contributed by atoms with Gasteiger partial charge in [-0.3, -0.25) is 4.68 Å². The zero-order chi connectivity index (χ0) is 81.5. The third-order valence-corrected chi connectivity index (χ3v) is 22.8. The topological polar surface area (TPSA) is 353 Å². The minimum Gasteiger partial charge on any atom is -0.381 e. The van der Waals surface area contributed by atoms with Crippen molar-refractivity contribution in [3.8, 4) is 0 Å². The SMILES string of the molecule is C[C@@](O)(c1ccccc1)c1cnc(N2CCN(c3ncnc(Nc4ccc(N5CCOCC5)cc4)n3)CC2)nc1.C[C@](O)(c1ccccc1)c1cnc(N2CCN(c3ncnc(Nc4ccc(N5CCOCC5)cc4)n3)CC2)nc1.c1ccc(C2(c3cnc(N4CCN(c5ncnc(Nc6cnn(C[C@@H]7CNCCO7)c6)n5)CC4)nc3)CC2)cc1. The van der Waals surface area contributed by atoms with E-state index in [0.717, 1.165) is 198 Å².